The van der Waals surface area contributed by atoms with Crippen LogP contribution in [-0.2, 0) is 23.6 Å². The second-order valence-corrected chi connectivity index (χ2v) is 4.11. The Kier molecular flexibility index (Phi) is 9.93. The zero-order valence-electron chi connectivity index (χ0n) is 11.3. The first kappa shape index (κ1) is 19.2. The topological polar surface area (TPSA) is 70.6 Å². The molecule has 0 amide bonds. The number of nitrogens with zero attached hydrogens (tertiary/aromatic N) is 3. The molecule has 4 nitrogen and oxygen atoms in total. The van der Waals surface area contributed by atoms with Gasteiger partial charge in [-0.25, -0.2) is 0 Å². The van der Waals surface area contributed by atoms with Gasteiger partial charge in [0.2, 0.25) is 0 Å². The molecule has 0 aliphatic heterocycles. The van der Waals surface area contributed by atoms with Crippen LogP contribution in [0.25, 0.3) is 5.41 Å². The zero-order chi connectivity index (χ0) is 14.8. The molecular weight excluding hydrogens is 334 g/mol. The van der Waals surface area contributed by atoms with Crippen LogP contribution in [0.1, 0.15) is 16.8 Å². The number of aliphatic imine (C=N–C) groups is 1. The minimum absolute atomic E-state index is 0. The molecule has 1 aromatic heterocycles. The third-order valence-electron chi connectivity index (χ3n) is 2.38. The van der Waals surface area contributed by atoms with Gasteiger partial charge >= 0.3 is 17.1 Å². The number of thiocarbonyl (C=S) groups is 1. The van der Waals surface area contributed by atoms with Gasteiger partial charge in [0.1, 0.15) is 0 Å². The number of rotatable bonds is 3. The van der Waals surface area contributed by atoms with Crippen molar-refractivity contribution in [2.24, 2.45) is 4.99 Å². The van der Waals surface area contributed by atoms with E-state index in [1.54, 1.807) is 24.5 Å². The first-order valence-electron chi connectivity index (χ1n) is 5.86. The molecule has 21 heavy (non-hydrogen) atoms. The van der Waals surface area contributed by atoms with Crippen LogP contribution >= 0.6 is 12.2 Å². The van der Waals surface area contributed by atoms with Crippen molar-refractivity contribution < 1.29 is 22.2 Å². The summed E-state index contributed by atoms with van der Waals surface area (Å²) in [5.74, 6) is 0.000343. The predicted molar refractivity (Wildman–Crippen MR) is 82.1 cm³/mol. The Bertz CT molecular complexity index is 612. The smallest absolute Gasteiger partial charge is 0.872 e. The van der Waals surface area contributed by atoms with Gasteiger partial charge in [-0.15, -0.1) is 5.75 Å². The van der Waals surface area contributed by atoms with Crippen LogP contribution in [-0.4, -0.2) is 16.4 Å². The first-order valence-corrected chi connectivity index (χ1v) is 6.27. The van der Waals surface area contributed by atoms with E-state index < -0.39 is 0 Å². The van der Waals surface area contributed by atoms with Crippen LogP contribution in [0.3, 0.4) is 0 Å². The van der Waals surface area contributed by atoms with Crippen LogP contribution in [0.15, 0.2) is 47.6 Å². The van der Waals surface area contributed by atoms with Crippen molar-refractivity contribution in [3.63, 3.8) is 0 Å². The normalized spacial score (nSPS) is 9.19. The maximum absolute atomic E-state index is 11.5. The molecule has 1 aromatic carbocycles. The molecule has 2 aromatic rings. The van der Waals surface area contributed by atoms with E-state index in [2.05, 4.69) is 22.2 Å². The molecule has 111 valence electrons. The van der Waals surface area contributed by atoms with Crippen molar-refractivity contribution in [2.45, 2.75) is 13.5 Å². The summed E-state index contributed by atoms with van der Waals surface area (Å²) in [5.41, 5.74) is 2.58. The monoisotopic (exact) mass is 346 g/mol. The van der Waals surface area contributed by atoms with E-state index in [0.717, 1.165) is 11.3 Å². The van der Waals surface area contributed by atoms with Gasteiger partial charge in [-0.05, 0) is 24.6 Å². The zero-order valence-corrected chi connectivity index (χ0v) is 13.0. The quantitative estimate of drug-likeness (QED) is 0.487. The second kappa shape index (κ2) is 10.9. The van der Waals surface area contributed by atoms with E-state index in [1.165, 1.54) is 5.16 Å². The standard InChI is InChI=1S/C14H14N2O.CNS.Cu/c1-11-5-6-14(17)12(8-11)9-15-10-13-4-2-3-7-16-13;2-1-3;/h2-9,17H,10H2,1H3;;/q;-1;+2/p-1. The molecule has 0 bridgehead atoms. The molecule has 0 fully saturated rings. The van der Waals surface area contributed by atoms with Crippen molar-refractivity contribution in [1.29, 1.82) is 0 Å². The van der Waals surface area contributed by atoms with Crippen LogP contribution in [0.5, 0.6) is 5.75 Å². The van der Waals surface area contributed by atoms with Gasteiger partial charge < -0.3 is 10.5 Å². The first-order chi connectivity index (χ1) is 9.67. The predicted octanol–water partition coefficient (Wildman–Crippen LogP) is 2.74. The fraction of sp³-hybridized carbons (Fsp3) is 0.133. The van der Waals surface area contributed by atoms with Gasteiger partial charge in [-0.2, -0.15) is 5.16 Å². The fourth-order valence-electron chi connectivity index (χ4n) is 1.50. The van der Waals surface area contributed by atoms with Crippen molar-refractivity contribution in [2.75, 3.05) is 0 Å². The minimum Gasteiger partial charge on any atom is -0.872 e. The number of aryl methyl sites for hydroxylation is 1. The Balaban J connectivity index is 0.000000922. The van der Waals surface area contributed by atoms with Gasteiger partial charge in [-0.1, -0.05) is 42.0 Å². The maximum Gasteiger partial charge on any atom is 2.00 e. The number of pyridine rings is 1. The average Bonchev–Trinajstić information content (AvgIpc) is 2.45. The fourth-order valence-corrected chi connectivity index (χ4v) is 1.50. The average molecular weight is 347 g/mol. The van der Waals surface area contributed by atoms with Gasteiger partial charge in [0, 0.05) is 12.4 Å². The van der Waals surface area contributed by atoms with Crippen molar-refractivity contribution in [1.82, 2.24) is 4.98 Å². The number of benzene rings is 1. The van der Waals surface area contributed by atoms with E-state index >= 15 is 0 Å². The number of isothiocyanates is 1. The molecule has 0 saturated carbocycles. The number of hydrogen-bond acceptors (Lipinski definition) is 4. The number of aromatic nitrogens is 1. The molecule has 0 unspecified atom stereocenters. The molecule has 0 aliphatic rings. The van der Waals surface area contributed by atoms with Crippen LogP contribution < -0.4 is 5.11 Å². The second-order valence-electron chi connectivity index (χ2n) is 3.92. The molecule has 1 radical (unpaired) electrons. The Morgan fingerprint density at radius 3 is 2.71 bits per heavy atom. The Morgan fingerprint density at radius 2 is 2.10 bits per heavy atom. The minimum atomic E-state index is 0. The van der Waals surface area contributed by atoms with Crippen LogP contribution in [0, 0.1) is 6.92 Å². The summed E-state index contributed by atoms with van der Waals surface area (Å²) < 4.78 is 0. The summed E-state index contributed by atoms with van der Waals surface area (Å²) in [6, 6.07) is 10.9. The maximum atomic E-state index is 11.5. The Labute approximate surface area is 140 Å². The molecule has 6 heteroatoms. The third kappa shape index (κ3) is 7.49. The summed E-state index contributed by atoms with van der Waals surface area (Å²) in [4.78, 5) is 8.38. The van der Waals surface area contributed by atoms with Gasteiger partial charge in [-0.3, -0.25) is 9.98 Å². The summed E-state index contributed by atoms with van der Waals surface area (Å²) in [6.07, 6.45) is 3.35. The van der Waals surface area contributed by atoms with Crippen molar-refractivity contribution >= 4 is 23.6 Å². The molecule has 0 atom stereocenters. The Hall–Kier alpha value is -1.84. The van der Waals surface area contributed by atoms with E-state index in [4.69, 9.17) is 5.41 Å². The molecular formula is C15H13CuN3OS. The summed E-state index contributed by atoms with van der Waals surface area (Å²) in [7, 11) is 0. The molecule has 0 aliphatic carbocycles. The number of hydrogen-bond donors (Lipinski definition) is 0. The molecule has 0 N–H and O–H groups in total. The summed E-state index contributed by atoms with van der Waals surface area (Å²) in [6.45, 7) is 2.45. The molecule has 2 rings (SSSR count). The third-order valence-corrected chi connectivity index (χ3v) is 2.38. The van der Waals surface area contributed by atoms with Crippen molar-refractivity contribution in [3.8, 4) is 5.75 Å². The van der Waals surface area contributed by atoms with E-state index in [-0.39, 0.29) is 22.8 Å². The summed E-state index contributed by atoms with van der Waals surface area (Å²) >= 11 is 3.70. The largest absolute Gasteiger partial charge is 2.00 e. The Morgan fingerprint density at radius 1 is 1.38 bits per heavy atom. The SMILES string of the molecule is Cc1ccc([O-])c(C=NCc2ccccn2)c1.[Cu+2].[N-]=C=S. The van der Waals surface area contributed by atoms with Gasteiger partial charge in [0.05, 0.1) is 12.2 Å². The van der Waals surface area contributed by atoms with Crippen molar-refractivity contribution in [3.05, 3.63) is 64.8 Å². The van der Waals surface area contributed by atoms with E-state index in [1.807, 2.05) is 31.2 Å². The molecule has 0 saturated heterocycles. The summed E-state index contributed by atoms with van der Waals surface area (Å²) in [5, 5.41) is 20.0. The van der Waals surface area contributed by atoms with Gasteiger partial charge in [0.15, 0.2) is 0 Å². The van der Waals surface area contributed by atoms with Gasteiger partial charge in [0.25, 0.3) is 0 Å². The van der Waals surface area contributed by atoms with E-state index in [9.17, 15) is 5.11 Å². The molecule has 1 heterocycles. The van der Waals surface area contributed by atoms with Crippen LogP contribution in [0.4, 0.5) is 0 Å². The molecule has 0 spiro atoms. The van der Waals surface area contributed by atoms with Crippen LogP contribution in [0.2, 0.25) is 0 Å². The van der Waals surface area contributed by atoms with E-state index in [0.29, 0.717) is 12.1 Å².